The third kappa shape index (κ3) is 14.4. The topological polar surface area (TPSA) is 201 Å². The minimum Gasteiger partial charge on any atom is -0.456 e. The molecule has 1 aliphatic rings. The first kappa shape index (κ1) is 50.5. The molecule has 0 aromatic heterocycles. The number of carbonyl (C=O) groups excluding carboxylic acids is 7. The van der Waals surface area contributed by atoms with Crippen molar-refractivity contribution < 1.29 is 48.1 Å². The van der Waals surface area contributed by atoms with E-state index in [2.05, 4.69) is 16.0 Å². The zero-order valence-corrected chi connectivity index (χ0v) is 37.7. The van der Waals surface area contributed by atoms with Crippen molar-refractivity contribution in [3.63, 3.8) is 0 Å². The molecule has 338 valence electrons. The number of aliphatic hydroxyl groups excluding tert-OH is 1. The number of ether oxygens (including phenoxy) is 2. The van der Waals surface area contributed by atoms with Gasteiger partial charge in [0.25, 0.3) is 5.91 Å². The summed E-state index contributed by atoms with van der Waals surface area (Å²) in [6.07, 6.45) is 0.332. The summed E-state index contributed by atoms with van der Waals surface area (Å²) >= 11 is 0. The number of likely N-dealkylation sites (N-methyl/N-ethyl adjacent to an activating group) is 2. The van der Waals surface area contributed by atoms with Crippen molar-refractivity contribution in [3.05, 3.63) is 95.1 Å². The molecule has 15 nitrogen and oxygen atoms in total. The maximum atomic E-state index is 14.2. The van der Waals surface area contributed by atoms with Crippen molar-refractivity contribution in [2.24, 2.45) is 11.8 Å². The molecule has 0 fully saturated rings. The van der Waals surface area contributed by atoms with E-state index < -0.39 is 96.4 Å². The van der Waals surface area contributed by atoms with Crippen LogP contribution in [0.25, 0.3) is 0 Å². The number of aliphatic hydroxyl groups is 1. The minimum absolute atomic E-state index is 0.0173. The summed E-state index contributed by atoms with van der Waals surface area (Å²) in [6, 6.07) is 13.3. The first-order chi connectivity index (χ1) is 29.3. The molecule has 2 aromatic carbocycles. The summed E-state index contributed by atoms with van der Waals surface area (Å²) in [7, 11) is 2.84. The zero-order valence-electron chi connectivity index (χ0n) is 37.7. The van der Waals surface area contributed by atoms with Gasteiger partial charge in [-0.1, -0.05) is 100 Å². The highest BCUT2D eigenvalue weighted by Crippen LogP contribution is 2.24. The molecular weight excluding hydrogens is 795 g/mol. The molecule has 1 heterocycles. The van der Waals surface area contributed by atoms with Gasteiger partial charge in [-0.2, -0.15) is 0 Å². The van der Waals surface area contributed by atoms with Crippen LogP contribution >= 0.6 is 0 Å². The van der Waals surface area contributed by atoms with Gasteiger partial charge in [-0.25, -0.2) is 9.59 Å². The molecule has 0 radical (unpaired) electrons. The van der Waals surface area contributed by atoms with Crippen molar-refractivity contribution in [3.8, 4) is 0 Å². The Morgan fingerprint density at radius 3 is 1.95 bits per heavy atom. The highest BCUT2D eigenvalue weighted by Gasteiger charge is 2.36. The lowest BCUT2D eigenvalue weighted by Crippen LogP contribution is -2.57. The third-order valence-electron chi connectivity index (χ3n) is 11.4. The normalized spacial score (nSPS) is 27.8. The molecule has 0 saturated heterocycles. The van der Waals surface area contributed by atoms with E-state index in [9.17, 15) is 38.7 Å². The molecule has 0 aliphatic carbocycles. The number of carbonyl (C=O) groups is 7. The second-order valence-electron chi connectivity index (χ2n) is 16.3. The number of hydrogen-bond donors (Lipinski definition) is 4. The van der Waals surface area contributed by atoms with Crippen LogP contribution in [0.3, 0.4) is 0 Å². The Morgan fingerprint density at radius 2 is 1.39 bits per heavy atom. The van der Waals surface area contributed by atoms with Gasteiger partial charge >= 0.3 is 11.9 Å². The molecule has 2 unspecified atom stereocenters. The minimum atomic E-state index is -1.37. The molecular formula is C47H65N5O10. The fourth-order valence-corrected chi connectivity index (χ4v) is 6.93. The molecule has 2 aromatic rings. The van der Waals surface area contributed by atoms with Gasteiger partial charge in [-0.05, 0) is 63.7 Å². The summed E-state index contributed by atoms with van der Waals surface area (Å²) in [5.74, 6) is -5.90. The number of rotatable bonds is 7. The van der Waals surface area contributed by atoms with E-state index in [1.54, 1.807) is 88.4 Å². The van der Waals surface area contributed by atoms with E-state index >= 15 is 0 Å². The SMILES string of the molecule is C/C=C(\C)[C@H]1OC(=O)[C@@H](C)NC(=O)C(C(C)CC)NC(=O)CN(C)C(=O)[C@@H](Cc2ccccc2)N(C)C(=O)[C@H](C)NC(=O)[C@@H](Cc2ccccc2)OC(=O)/C(C)=C/C[C@H](O)[C@@H]1C. The van der Waals surface area contributed by atoms with Crippen LogP contribution < -0.4 is 16.0 Å². The molecule has 0 spiro atoms. The maximum absolute atomic E-state index is 14.2. The van der Waals surface area contributed by atoms with Crippen molar-refractivity contribution in [2.45, 2.75) is 124 Å². The van der Waals surface area contributed by atoms with Gasteiger partial charge in [0.2, 0.25) is 23.6 Å². The Morgan fingerprint density at radius 1 is 0.823 bits per heavy atom. The number of nitrogens with one attached hydrogen (secondary N) is 3. The average molecular weight is 860 g/mol. The number of allylic oxidation sites excluding steroid dienone is 1. The van der Waals surface area contributed by atoms with E-state index in [-0.39, 0.29) is 30.8 Å². The highest BCUT2D eigenvalue weighted by molar-refractivity contribution is 5.96. The van der Waals surface area contributed by atoms with Gasteiger partial charge < -0.3 is 40.3 Å². The second-order valence-corrected chi connectivity index (χ2v) is 16.3. The first-order valence-electron chi connectivity index (χ1n) is 21.2. The maximum Gasteiger partial charge on any atom is 0.334 e. The molecule has 62 heavy (non-hydrogen) atoms. The van der Waals surface area contributed by atoms with E-state index in [0.29, 0.717) is 17.6 Å². The van der Waals surface area contributed by atoms with Gasteiger partial charge in [-0.15, -0.1) is 0 Å². The molecule has 0 bridgehead atoms. The summed E-state index contributed by atoms with van der Waals surface area (Å²) in [5.41, 5.74) is 2.16. The Labute approximate surface area is 365 Å². The fraction of sp³-hybridized carbons (Fsp3) is 0.511. The number of nitrogens with zero attached hydrogens (tertiary/aromatic N) is 2. The highest BCUT2D eigenvalue weighted by atomic mass is 16.6. The fourth-order valence-electron chi connectivity index (χ4n) is 6.93. The lowest BCUT2D eigenvalue weighted by Gasteiger charge is -2.33. The largest absolute Gasteiger partial charge is 0.456 e. The van der Waals surface area contributed by atoms with E-state index in [0.717, 1.165) is 10.5 Å². The molecule has 3 rings (SSSR count). The number of benzene rings is 2. The molecule has 0 saturated carbocycles. The predicted octanol–water partition coefficient (Wildman–Crippen LogP) is 3.43. The van der Waals surface area contributed by atoms with Crippen molar-refractivity contribution >= 4 is 41.5 Å². The number of esters is 2. The zero-order chi connectivity index (χ0) is 46.3. The Hall–Kier alpha value is -5.83. The number of amides is 5. The first-order valence-corrected chi connectivity index (χ1v) is 21.2. The second kappa shape index (κ2) is 24.0. The number of hydrogen-bond acceptors (Lipinski definition) is 10. The summed E-state index contributed by atoms with van der Waals surface area (Å²) < 4.78 is 11.6. The standard InChI is InChI=1S/C47H65N5O10/c1-11-28(3)40-43(56)49-33(8)47(60)62-41(29(4)12-2)31(6)37(53)24-23-30(5)46(59)61-38(26-35-21-17-14-18-22-35)42(55)48-32(7)44(57)52(10)36(25-34-19-15-13-16-20-34)45(58)51(9)27-39(54)50-40/h12-23,28,31-33,36-38,40-41,53H,11,24-27H2,1-10H3,(H,48,55)(H,49,56)(H,50,54)/b29-12+,30-23+/t28?,31-,32-,33+,36+,37-,38+,40?,41+/m0/s1. The monoisotopic (exact) mass is 859 g/mol. The third-order valence-corrected chi connectivity index (χ3v) is 11.4. The van der Waals surface area contributed by atoms with Gasteiger partial charge in [0.15, 0.2) is 6.10 Å². The van der Waals surface area contributed by atoms with Crippen LogP contribution in [0.5, 0.6) is 0 Å². The Balaban J connectivity index is 2.07. The van der Waals surface area contributed by atoms with E-state index in [1.165, 1.54) is 45.8 Å². The van der Waals surface area contributed by atoms with Gasteiger partial charge in [-0.3, -0.25) is 24.0 Å². The van der Waals surface area contributed by atoms with Crippen LogP contribution in [0.2, 0.25) is 0 Å². The van der Waals surface area contributed by atoms with E-state index in [1.807, 2.05) is 13.0 Å². The Bertz CT molecular complexity index is 1940. The van der Waals surface area contributed by atoms with Crippen LogP contribution in [-0.4, -0.2) is 120 Å². The lowest BCUT2D eigenvalue weighted by atomic mass is 9.90. The van der Waals surface area contributed by atoms with Gasteiger partial charge in [0, 0.05) is 38.4 Å². The average Bonchev–Trinajstić information content (AvgIpc) is 3.26. The van der Waals surface area contributed by atoms with Crippen molar-refractivity contribution in [1.82, 2.24) is 25.8 Å². The molecule has 5 amide bonds. The smallest absolute Gasteiger partial charge is 0.334 e. The summed E-state index contributed by atoms with van der Waals surface area (Å²) in [6.45, 7) is 12.7. The van der Waals surface area contributed by atoms with Crippen LogP contribution in [0.4, 0.5) is 0 Å². The van der Waals surface area contributed by atoms with Gasteiger partial charge in [0.1, 0.15) is 30.3 Å². The molecule has 1 aliphatic heterocycles. The lowest BCUT2D eigenvalue weighted by molar-refractivity contribution is -0.155. The van der Waals surface area contributed by atoms with Crippen LogP contribution in [0.1, 0.15) is 79.4 Å². The van der Waals surface area contributed by atoms with Crippen LogP contribution in [0.15, 0.2) is 84.0 Å². The van der Waals surface area contributed by atoms with E-state index in [4.69, 9.17) is 9.47 Å². The van der Waals surface area contributed by atoms with Crippen LogP contribution in [-0.2, 0) is 55.9 Å². The van der Waals surface area contributed by atoms with Gasteiger partial charge in [0.05, 0.1) is 12.6 Å². The molecule has 9 atom stereocenters. The summed E-state index contributed by atoms with van der Waals surface area (Å²) in [4.78, 5) is 98.8. The predicted molar refractivity (Wildman–Crippen MR) is 234 cm³/mol. The Kier molecular flexibility index (Phi) is 19.5. The van der Waals surface area contributed by atoms with Crippen molar-refractivity contribution in [2.75, 3.05) is 20.6 Å². The molecule has 15 heteroatoms. The van der Waals surface area contributed by atoms with Crippen LogP contribution in [0, 0.1) is 11.8 Å². The number of cyclic esters (lactones) is 2. The van der Waals surface area contributed by atoms with Crippen molar-refractivity contribution in [1.29, 1.82) is 0 Å². The summed E-state index contributed by atoms with van der Waals surface area (Å²) in [5, 5.41) is 19.4. The molecule has 4 N–H and O–H groups in total. The quantitative estimate of drug-likeness (QED) is 0.236.